The Balaban J connectivity index is 1.92. The number of aliphatic hydroxyl groups is 1. The van der Waals surface area contributed by atoms with E-state index in [2.05, 4.69) is 11.4 Å². The molecule has 20 heavy (non-hydrogen) atoms. The highest BCUT2D eigenvalue weighted by Crippen LogP contribution is 2.43. The van der Waals surface area contributed by atoms with E-state index in [1.807, 2.05) is 0 Å². The zero-order valence-electron chi connectivity index (χ0n) is 11.3. The molecule has 0 saturated carbocycles. The Bertz CT molecular complexity index is 608. The van der Waals surface area contributed by atoms with Gasteiger partial charge in [-0.2, -0.15) is 0 Å². The van der Waals surface area contributed by atoms with Crippen LogP contribution in [0.2, 0.25) is 0 Å². The third-order valence-corrected chi connectivity index (χ3v) is 5.00. The van der Waals surface area contributed by atoms with Crippen molar-refractivity contribution >= 4 is 11.3 Å². The molecule has 2 nitrogen and oxygen atoms in total. The Morgan fingerprint density at radius 3 is 3.00 bits per heavy atom. The van der Waals surface area contributed by atoms with Gasteiger partial charge in [0.15, 0.2) is 0 Å². The summed E-state index contributed by atoms with van der Waals surface area (Å²) in [5.74, 6) is 0.0606. The molecular weight excluding hydrogens is 275 g/mol. The van der Waals surface area contributed by atoms with Gasteiger partial charge >= 0.3 is 0 Å². The smallest absolute Gasteiger partial charge is 0.132 e. The summed E-state index contributed by atoms with van der Waals surface area (Å²) in [4.78, 5) is 1.33. The summed E-state index contributed by atoms with van der Waals surface area (Å²) in [7, 11) is 1.50. The maximum Gasteiger partial charge on any atom is 0.132 e. The lowest BCUT2D eigenvalue weighted by atomic mass is 9.81. The highest BCUT2D eigenvalue weighted by atomic mass is 32.1. The van der Waals surface area contributed by atoms with Crippen molar-refractivity contribution in [2.24, 2.45) is 0 Å². The van der Waals surface area contributed by atoms with Gasteiger partial charge in [-0.1, -0.05) is 0 Å². The number of fused-ring (bicyclic) bond motifs is 1. The van der Waals surface area contributed by atoms with Crippen LogP contribution in [0, 0.1) is 5.82 Å². The Morgan fingerprint density at radius 2 is 2.25 bits per heavy atom. The number of hydrogen-bond donors (Lipinski definition) is 1. The third-order valence-electron chi connectivity index (χ3n) is 4.01. The molecule has 1 aliphatic carbocycles. The molecule has 1 aromatic carbocycles. The molecule has 0 aliphatic heterocycles. The van der Waals surface area contributed by atoms with Crippen LogP contribution in [0.15, 0.2) is 29.6 Å². The quantitative estimate of drug-likeness (QED) is 0.925. The van der Waals surface area contributed by atoms with Gasteiger partial charge in [-0.3, -0.25) is 0 Å². The minimum atomic E-state index is -0.797. The van der Waals surface area contributed by atoms with Gasteiger partial charge in [0.1, 0.15) is 11.6 Å². The molecule has 0 fully saturated rings. The molecule has 0 spiro atoms. The average Bonchev–Trinajstić information content (AvgIpc) is 2.94. The van der Waals surface area contributed by atoms with E-state index in [9.17, 15) is 9.50 Å². The number of aryl methyl sites for hydroxylation is 1. The summed E-state index contributed by atoms with van der Waals surface area (Å²) in [6.45, 7) is 0. The lowest BCUT2D eigenvalue weighted by Gasteiger charge is -2.27. The van der Waals surface area contributed by atoms with Gasteiger partial charge in [0, 0.05) is 22.4 Å². The fourth-order valence-electron chi connectivity index (χ4n) is 2.94. The molecule has 1 N–H and O–H groups in total. The summed E-state index contributed by atoms with van der Waals surface area (Å²) in [6, 6.07) is 6.71. The van der Waals surface area contributed by atoms with Gasteiger partial charge in [0.25, 0.3) is 0 Å². The standard InChI is InChI=1S/C16H17FO2S/c1-19-10-5-6-13(14(17)9-10)16(18)12-3-2-4-15-11(12)7-8-20-15/h5-9,12,16,18H,2-4H2,1H3. The minimum Gasteiger partial charge on any atom is -0.497 e. The van der Waals surface area contributed by atoms with Gasteiger partial charge in [-0.05, 0) is 48.4 Å². The molecule has 0 saturated heterocycles. The molecule has 2 unspecified atom stereocenters. The van der Waals surface area contributed by atoms with Crippen LogP contribution >= 0.6 is 11.3 Å². The van der Waals surface area contributed by atoms with Crippen molar-refractivity contribution < 1.29 is 14.2 Å². The van der Waals surface area contributed by atoms with Gasteiger partial charge in [-0.15, -0.1) is 11.3 Å². The second kappa shape index (κ2) is 5.54. The molecule has 1 aromatic heterocycles. The number of aliphatic hydroxyl groups excluding tert-OH is 1. The van der Waals surface area contributed by atoms with Crippen molar-refractivity contribution in [1.82, 2.24) is 0 Å². The average molecular weight is 292 g/mol. The molecule has 1 heterocycles. The maximum absolute atomic E-state index is 14.1. The Kier molecular flexibility index (Phi) is 3.76. The lowest BCUT2D eigenvalue weighted by Crippen LogP contribution is -2.16. The van der Waals surface area contributed by atoms with E-state index in [1.165, 1.54) is 23.6 Å². The van der Waals surface area contributed by atoms with Crippen LogP contribution in [0.4, 0.5) is 4.39 Å². The predicted octanol–water partition coefficient (Wildman–Crippen LogP) is 4.05. The molecular formula is C16H17FO2S. The number of rotatable bonds is 3. The molecule has 1 aliphatic rings. The van der Waals surface area contributed by atoms with E-state index < -0.39 is 11.9 Å². The molecule has 0 bridgehead atoms. The largest absolute Gasteiger partial charge is 0.497 e. The van der Waals surface area contributed by atoms with E-state index in [0.29, 0.717) is 11.3 Å². The van der Waals surface area contributed by atoms with Crippen molar-refractivity contribution in [1.29, 1.82) is 0 Å². The van der Waals surface area contributed by atoms with Crippen LogP contribution in [0.3, 0.4) is 0 Å². The molecule has 2 aromatic rings. The molecule has 4 heteroatoms. The van der Waals surface area contributed by atoms with Crippen LogP contribution in [0.1, 0.15) is 40.9 Å². The zero-order valence-corrected chi connectivity index (χ0v) is 12.1. The van der Waals surface area contributed by atoms with Crippen molar-refractivity contribution in [3.05, 3.63) is 51.5 Å². The van der Waals surface area contributed by atoms with E-state index in [4.69, 9.17) is 4.74 Å². The van der Waals surface area contributed by atoms with Crippen molar-refractivity contribution in [3.8, 4) is 5.75 Å². The minimum absolute atomic E-state index is 0.00658. The molecule has 0 amide bonds. The molecule has 2 atom stereocenters. The van der Waals surface area contributed by atoms with Crippen molar-refractivity contribution in [2.45, 2.75) is 31.3 Å². The maximum atomic E-state index is 14.1. The third kappa shape index (κ3) is 2.34. The number of ether oxygens (including phenoxy) is 1. The molecule has 3 rings (SSSR count). The summed E-state index contributed by atoms with van der Waals surface area (Å²) in [5.41, 5.74) is 1.54. The topological polar surface area (TPSA) is 29.5 Å². The van der Waals surface area contributed by atoms with Crippen LogP contribution in [-0.4, -0.2) is 12.2 Å². The van der Waals surface area contributed by atoms with Crippen molar-refractivity contribution in [3.63, 3.8) is 0 Å². The monoisotopic (exact) mass is 292 g/mol. The first-order valence-corrected chi connectivity index (χ1v) is 7.66. The lowest BCUT2D eigenvalue weighted by molar-refractivity contribution is 0.132. The molecule has 0 radical (unpaired) electrons. The summed E-state index contributed by atoms with van der Waals surface area (Å²) in [5, 5.41) is 12.6. The zero-order chi connectivity index (χ0) is 14.1. The number of hydrogen-bond acceptors (Lipinski definition) is 3. The number of methoxy groups -OCH3 is 1. The van der Waals surface area contributed by atoms with Gasteiger partial charge in [-0.25, -0.2) is 4.39 Å². The van der Waals surface area contributed by atoms with Gasteiger partial charge < -0.3 is 9.84 Å². The highest BCUT2D eigenvalue weighted by molar-refractivity contribution is 7.10. The SMILES string of the molecule is COc1ccc(C(O)C2CCCc3sccc32)c(F)c1. The first kappa shape index (κ1) is 13.6. The summed E-state index contributed by atoms with van der Waals surface area (Å²) >= 11 is 1.73. The van der Waals surface area contributed by atoms with Crippen LogP contribution < -0.4 is 4.74 Å². The molecule has 106 valence electrons. The predicted molar refractivity (Wildman–Crippen MR) is 77.9 cm³/mol. The first-order valence-electron chi connectivity index (χ1n) is 6.78. The van der Waals surface area contributed by atoms with Gasteiger partial charge in [0.2, 0.25) is 0 Å². The van der Waals surface area contributed by atoms with E-state index >= 15 is 0 Å². The summed E-state index contributed by atoms with van der Waals surface area (Å²) < 4.78 is 19.1. The Labute approximate surface area is 121 Å². The van der Waals surface area contributed by atoms with Crippen LogP contribution in [-0.2, 0) is 6.42 Å². The summed E-state index contributed by atoms with van der Waals surface area (Å²) in [6.07, 6.45) is 2.22. The second-order valence-electron chi connectivity index (χ2n) is 5.13. The van der Waals surface area contributed by atoms with Crippen molar-refractivity contribution in [2.75, 3.05) is 7.11 Å². The van der Waals surface area contributed by atoms with E-state index in [-0.39, 0.29) is 5.92 Å². The highest BCUT2D eigenvalue weighted by Gasteiger charge is 2.30. The van der Waals surface area contributed by atoms with Crippen LogP contribution in [0.5, 0.6) is 5.75 Å². The van der Waals surface area contributed by atoms with Crippen LogP contribution in [0.25, 0.3) is 0 Å². The van der Waals surface area contributed by atoms with E-state index in [1.54, 1.807) is 23.5 Å². The van der Waals surface area contributed by atoms with E-state index in [0.717, 1.165) is 19.3 Å². The number of halogens is 1. The number of benzene rings is 1. The first-order chi connectivity index (χ1) is 9.70. The Morgan fingerprint density at radius 1 is 1.40 bits per heavy atom. The normalized spacial score (nSPS) is 19.4. The Hall–Kier alpha value is -1.39. The second-order valence-corrected chi connectivity index (χ2v) is 6.13. The fourth-order valence-corrected chi connectivity index (χ4v) is 3.94. The number of thiophene rings is 1. The fraction of sp³-hybridized carbons (Fsp3) is 0.375. The van der Waals surface area contributed by atoms with Gasteiger partial charge in [0.05, 0.1) is 13.2 Å².